The number of nitrogens with zero attached hydrogens (tertiary/aromatic N) is 1. The van der Waals surface area contributed by atoms with Crippen LogP contribution in [0.1, 0.15) is 62.4 Å². The van der Waals surface area contributed by atoms with E-state index in [0.717, 1.165) is 70.5 Å². The van der Waals surface area contributed by atoms with Gasteiger partial charge in [0.05, 0.1) is 0 Å². The number of benzene rings is 1. The molecular weight excluding hydrogens is 452 g/mol. The van der Waals surface area contributed by atoms with E-state index in [1.54, 1.807) is 0 Å². The van der Waals surface area contributed by atoms with E-state index >= 15 is 0 Å². The molecular formula is C25H35BrN4O. The summed E-state index contributed by atoms with van der Waals surface area (Å²) in [5.41, 5.74) is 13.0. The molecule has 3 rings (SSSR count). The maximum absolute atomic E-state index is 13.2. The van der Waals surface area contributed by atoms with E-state index in [2.05, 4.69) is 64.0 Å². The summed E-state index contributed by atoms with van der Waals surface area (Å²) < 4.78 is 0.918. The monoisotopic (exact) mass is 486 g/mol. The first-order valence-electron chi connectivity index (χ1n) is 11.2. The highest BCUT2D eigenvalue weighted by Crippen LogP contribution is 2.33. The average molecular weight is 487 g/mol. The number of allylic oxidation sites excluding steroid dienone is 3. The Hall–Kier alpha value is -2.05. The third-order valence-electron chi connectivity index (χ3n) is 6.47. The van der Waals surface area contributed by atoms with Crippen molar-refractivity contribution in [3.8, 4) is 0 Å². The van der Waals surface area contributed by atoms with Crippen molar-refractivity contribution in [2.24, 2.45) is 5.73 Å². The summed E-state index contributed by atoms with van der Waals surface area (Å²) in [5.74, 6) is -0.0684. The van der Waals surface area contributed by atoms with Gasteiger partial charge in [-0.25, -0.2) is 0 Å². The van der Waals surface area contributed by atoms with Gasteiger partial charge in [0.15, 0.2) is 0 Å². The molecule has 2 aliphatic rings. The first kappa shape index (κ1) is 23.6. The lowest BCUT2D eigenvalue weighted by Crippen LogP contribution is -2.41. The lowest BCUT2D eigenvalue weighted by Gasteiger charge is -2.38. The van der Waals surface area contributed by atoms with Crippen molar-refractivity contribution in [2.75, 3.05) is 18.0 Å². The summed E-state index contributed by atoms with van der Waals surface area (Å²) in [6, 6.07) is 4.84. The van der Waals surface area contributed by atoms with E-state index < -0.39 is 0 Å². The van der Waals surface area contributed by atoms with Crippen molar-refractivity contribution in [2.45, 2.75) is 65.5 Å². The summed E-state index contributed by atoms with van der Waals surface area (Å²) in [4.78, 5) is 15.6. The van der Waals surface area contributed by atoms with Crippen LogP contribution in [-0.4, -0.2) is 31.1 Å². The molecule has 1 amide bonds. The molecule has 1 aromatic rings. The number of halogens is 1. The predicted molar refractivity (Wildman–Crippen MR) is 133 cm³/mol. The smallest absolute Gasteiger partial charge is 0.251 e. The number of dihydropyridines is 1. The minimum atomic E-state index is -0.0684. The lowest BCUT2D eigenvalue weighted by atomic mass is 9.90. The zero-order valence-electron chi connectivity index (χ0n) is 19.1. The normalized spacial score (nSPS) is 21.5. The second-order valence-electron chi connectivity index (χ2n) is 8.73. The SMILES string of the molecule is C=C1NC(C)=CC(C)=C1CNC(=O)c1cc(Br)cc(N(CC)C2CCC(N)CC2)c1C. The lowest BCUT2D eigenvalue weighted by molar-refractivity contribution is 0.0956. The van der Waals surface area contributed by atoms with E-state index in [1.165, 1.54) is 0 Å². The Kier molecular flexibility index (Phi) is 7.65. The minimum absolute atomic E-state index is 0.0684. The highest BCUT2D eigenvalue weighted by molar-refractivity contribution is 9.10. The second-order valence-corrected chi connectivity index (χ2v) is 9.64. The van der Waals surface area contributed by atoms with Gasteiger partial charge in [0, 0.05) is 52.3 Å². The molecule has 4 N–H and O–H groups in total. The summed E-state index contributed by atoms with van der Waals surface area (Å²) in [7, 11) is 0. The van der Waals surface area contributed by atoms with Crippen molar-refractivity contribution in [1.29, 1.82) is 0 Å². The molecule has 0 spiro atoms. The molecule has 0 aromatic heterocycles. The standard InChI is InChI=1S/C25H35BrN4O/c1-6-30(21-9-7-20(27)8-10-21)24-13-19(26)12-22(17(24)4)25(31)28-14-23-15(2)11-16(3)29-18(23)5/h11-13,20-21,29H,5-10,14,27H2,1-4H3,(H,28,31). The Morgan fingerprint density at radius 3 is 2.55 bits per heavy atom. The van der Waals surface area contributed by atoms with Crippen LogP contribution in [0.25, 0.3) is 0 Å². The second kappa shape index (κ2) is 10.0. The molecule has 0 saturated heterocycles. The van der Waals surface area contributed by atoms with Crippen molar-refractivity contribution >= 4 is 27.5 Å². The van der Waals surface area contributed by atoms with Gasteiger partial charge in [0.25, 0.3) is 5.91 Å². The third-order valence-corrected chi connectivity index (χ3v) is 6.93. The first-order valence-corrected chi connectivity index (χ1v) is 12.0. The molecule has 1 fully saturated rings. The summed E-state index contributed by atoms with van der Waals surface area (Å²) >= 11 is 3.63. The van der Waals surface area contributed by atoms with Gasteiger partial charge in [-0.1, -0.05) is 22.5 Å². The van der Waals surface area contributed by atoms with E-state index in [1.807, 2.05) is 19.9 Å². The number of carbonyl (C=O) groups is 1. The van der Waals surface area contributed by atoms with Gasteiger partial charge in [-0.3, -0.25) is 4.79 Å². The van der Waals surface area contributed by atoms with Crippen molar-refractivity contribution in [3.63, 3.8) is 0 Å². The van der Waals surface area contributed by atoms with Gasteiger partial charge in [-0.05, 0) is 88.3 Å². The van der Waals surface area contributed by atoms with E-state index in [0.29, 0.717) is 24.2 Å². The van der Waals surface area contributed by atoms with Crippen LogP contribution in [-0.2, 0) is 0 Å². The van der Waals surface area contributed by atoms with Gasteiger partial charge in [0.2, 0.25) is 0 Å². The fourth-order valence-corrected chi connectivity index (χ4v) is 5.19. The molecule has 1 aliphatic carbocycles. The quantitative estimate of drug-likeness (QED) is 0.533. The maximum Gasteiger partial charge on any atom is 0.251 e. The number of nitrogens with one attached hydrogen (secondary N) is 2. The largest absolute Gasteiger partial charge is 0.369 e. The zero-order valence-corrected chi connectivity index (χ0v) is 20.7. The molecule has 0 radical (unpaired) electrons. The Morgan fingerprint density at radius 1 is 1.26 bits per heavy atom. The molecule has 1 aromatic carbocycles. The van der Waals surface area contributed by atoms with Crippen molar-refractivity contribution < 1.29 is 4.79 Å². The van der Waals surface area contributed by atoms with Gasteiger partial charge in [-0.15, -0.1) is 0 Å². The number of anilines is 1. The molecule has 1 aliphatic heterocycles. The maximum atomic E-state index is 13.2. The van der Waals surface area contributed by atoms with Crippen molar-refractivity contribution in [3.05, 3.63) is 62.9 Å². The average Bonchev–Trinajstić information content (AvgIpc) is 2.71. The van der Waals surface area contributed by atoms with E-state index in [4.69, 9.17) is 5.73 Å². The Balaban J connectivity index is 1.82. The Labute approximate surface area is 195 Å². The van der Waals surface area contributed by atoms with Crippen LogP contribution in [0.2, 0.25) is 0 Å². The molecule has 6 heteroatoms. The molecule has 1 saturated carbocycles. The predicted octanol–water partition coefficient (Wildman–Crippen LogP) is 4.92. The van der Waals surface area contributed by atoms with Crippen LogP contribution in [0.15, 0.2) is 51.8 Å². The van der Waals surface area contributed by atoms with Gasteiger partial charge in [0.1, 0.15) is 0 Å². The Morgan fingerprint density at radius 2 is 1.94 bits per heavy atom. The number of rotatable bonds is 6. The molecule has 31 heavy (non-hydrogen) atoms. The number of hydrogen-bond acceptors (Lipinski definition) is 4. The van der Waals surface area contributed by atoms with Crippen LogP contribution < -0.4 is 21.3 Å². The van der Waals surface area contributed by atoms with Gasteiger partial charge < -0.3 is 21.3 Å². The molecule has 1 heterocycles. The number of carbonyl (C=O) groups excluding carboxylic acids is 1. The molecule has 0 bridgehead atoms. The fraction of sp³-hybridized carbons (Fsp3) is 0.480. The zero-order chi connectivity index (χ0) is 22.7. The topological polar surface area (TPSA) is 70.4 Å². The van der Waals surface area contributed by atoms with Gasteiger partial charge >= 0.3 is 0 Å². The number of amides is 1. The Bertz CT molecular complexity index is 926. The van der Waals surface area contributed by atoms with Crippen LogP contribution >= 0.6 is 15.9 Å². The van der Waals surface area contributed by atoms with Crippen LogP contribution in [0, 0.1) is 6.92 Å². The van der Waals surface area contributed by atoms with Crippen LogP contribution in [0.4, 0.5) is 5.69 Å². The van der Waals surface area contributed by atoms with Crippen LogP contribution in [0.5, 0.6) is 0 Å². The fourth-order valence-electron chi connectivity index (χ4n) is 4.75. The molecule has 0 unspecified atom stereocenters. The summed E-state index contributed by atoms with van der Waals surface area (Å²) in [6.07, 6.45) is 6.38. The number of nitrogens with two attached hydrogens (primary N) is 1. The summed E-state index contributed by atoms with van der Waals surface area (Å²) in [6.45, 7) is 13.7. The molecule has 0 atom stereocenters. The van der Waals surface area contributed by atoms with E-state index in [9.17, 15) is 4.79 Å². The minimum Gasteiger partial charge on any atom is -0.369 e. The number of hydrogen-bond donors (Lipinski definition) is 3. The van der Waals surface area contributed by atoms with Crippen LogP contribution in [0.3, 0.4) is 0 Å². The van der Waals surface area contributed by atoms with Gasteiger partial charge in [-0.2, -0.15) is 0 Å². The first-order chi connectivity index (χ1) is 14.7. The van der Waals surface area contributed by atoms with Crippen molar-refractivity contribution in [1.82, 2.24) is 10.6 Å². The summed E-state index contributed by atoms with van der Waals surface area (Å²) in [5, 5.41) is 6.35. The molecule has 5 nitrogen and oxygen atoms in total. The highest BCUT2D eigenvalue weighted by Gasteiger charge is 2.26. The van der Waals surface area contributed by atoms with E-state index in [-0.39, 0.29) is 5.91 Å². The molecule has 168 valence electrons. The third kappa shape index (κ3) is 5.42. The highest BCUT2D eigenvalue weighted by atomic mass is 79.9.